The SMILES string of the molecule is COc1ccc2[nH]c3c(C(=O)CCO)nccc3c2c1. The summed E-state index contributed by atoms with van der Waals surface area (Å²) in [6.07, 6.45) is 1.69. The number of carbonyl (C=O) groups excluding carboxylic acids is 1. The molecule has 0 aliphatic heterocycles. The van der Waals surface area contributed by atoms with Gasteiger partial charge < -0.3 is 14.8 Å². The summed E-state index contributed by atoms with van der Waals surface area (Å²) in [5, 5.41) is 10.8. The summed E-state index contributed by atoms with van der Waals surface area (Å²) in [6.45, 7) is -0.176. The Morgan fingerprint density at radius 1 is 1.35 bits per heavy atom. The number of fused-ring (bicyclic) bond motifs is 3. The number of aliphatic hydroxyl groups is 1. The second-order valence-corrected chi connectivity index (χ2v) is 4.52. The van der Waals surface area contributed by atoms with Crippen molar-refractivity contribution in [3.8, 4) is 5.75 Å². The maximum Gasteiger partial charge on any atom is 0.185 e. The molecule has 1 aromatic carbocycles. The molecule has 2 aromatic heterocycles. The molecule has 0 amide bonds. The van der Waals surface area contributed by atoms with Crippen LogP contribution in [0.25, 0.3) is 21.8 Å². The van der Waals surface area contributed by atoms with E-state index in [4.69, 9.17) is 9.84 Å². The van der Waals surface area contributed by atoms with Crippen LogP contribution in [0.15, 0.2) is 30.5 Å². The van der Waals surface area contributed by atoms with Gasteiger partial charge in [0.05, 0.1) is 19.2 Å². The van der Waals surface area contributed by atoms with Gasteiger partial charge in [0.1, 0.15) is 11.4 Å². The molecule has 5 heteroatoms. The fourth-order valence-corrected chi connectivity index (χ4v) is 2.36. The number of ether oxygens (including phenoxy) is 1. The minimum absolute atomic E-state index is 0.0742. The number of aromatic amines is 1. The Morgan fingerprint density at radius 2 is 2.20 bits per heavy atom. The molecule has 0 radical (unpaired) electrons. The first-order valence-electron chi connectivity index (χ1n) is 6.33. The van der Waals surface area contributed by atoms with Gasteiger partial charge in [-0.1, -0.05) is 0 Å². The molecule has 0 saturated carbocycles. The molecule has 0 spiro atoms. The number of aliphatic hydroxyl groups excluding tert-OH is 1. The summed E-state index contributed by atoms with van der Waals surface area (Å²) < 4.78 is 5.23. The minimum atomic E-state index is -0.176. The van der Waals surface area contributed by atoms with Gasteiger partial charge in [-0.25, -0.2) is 0 Å². The van der Waals surface area contributed by atoms with E-state index >= 15 is 0 Å². The average molecular weight is 270 g/mol. The van der Waals surface area contributed by atoms with E-state index in [1.807, 2.05) is 24.3 Å². The zero-order valence-corrected chi connectivity index (χ0v) is 11.0. The van der Waals surface area contributed by atoms with Gasteiger partial charge in [-0.3, -0.25) is 9.78 Å². The van der Waals surface area contributed by atoms with Gasteiger partial charge in [0, 0.05) is 28.9 Å². The maximum absolute atomic E-state index is 12.0. The third-order valence-corrected chi connectivity index (χ3v) is 3.33. The smallest absolute Gasteiger partial charge is 0.185 e. The number of ketones is 1. The molecule has 2 N–H and O–H groups in total. The van der Waals surface area contributed by atoms with Gasteiger partial charge in [-0.15, -0.1) is 0 Å². The zero-order chi connectivity index (χ0) is 14.1. The first-order chi connectivity index (χ1) is 9.74. The number of rotatable bonds is 4. The van der Waals surface area contributed by atoms with Crippen LogP contribution >= 0.6 is 0 Å². The third kappa shape index (κ3) is 1.92. The lowest BCUT2D eigenvalue weighted by atomic mass is 10.1. The number of pyridine rings is 1. The molecular weight excluding hydrogens is 256 g/mol. The van der Waals surface area contributed by atoms with Crippen LogP contribution in [0.3, 0.4) is 0 Å². The highest BCUT2D eigenvalue weighted by molar-refractivity contribution is 6.14. The van der Waals surface area contributed by atoms with Crippen LogP contribution in [-0.2, 0) is 0 Å². The predicted octanol–water partition coefficient (Wildman–Crippen LogP) is 2.29. The lowest BCUT2D eigenvalue weighted by Gasteiger charge is -2.00. The van der Waals surface area contributed by atoms with Gasteiger partial charge in [-0.2, -0.15) is 0 Å². The number of carbonyl (C=O) groups is 1. The molecule has 20 heavy (non-hydrogen) atoms. The molecule has 102 valence electrons. The normalized spacial score (nSPS) is 11.1. The molecule has 0 atom stereocenters. The van der Waals surface area contributed by atoms with E-state index in [0.29, 0.717) is 11.2 Å². The first kappa shape index (κ1) is 12.6. The Hall–Kier alpha value is -2.40. The quantitative estimate of drug-likeness (QED) is 0.713. The summed E-state index contributed by atoms with van der Waals surface area (Å²) in [5.41, 5.74) is 1.99. The number of nitrogens with zero attached hydrogens (tertiary/aromatic N) is 1. The largest absolute Gasteiger partial charge is 0.497 e. The Bertz CT molecular complexity index is 792. The van der Waals surface area contributed by atoms with E-state index in [1.54, 1.807) is 13.3 Å². The van der Waals surface area contributed by atoms with Crippen LogP contribution < -0.4 is 4.74 Å². The van der Waals surface area contributed by atoms with Crippen molar-refractivity contribution in [1.29, 1.82) is 0 Å². The molecule has 0 bridgehead atoms. The Labute approximate surface area is 115 Å². The number of hydrogen-bond donors (Lipinski definition) is 2. The molecular formula is C15H14N2O3. The minimum Gasteiger partial charge on any atom is -0.497 e. The second-order valence-electron chi connectivity index (χ2n) is 4.52. The van der Waals surface area contributed by atoms with Gasteiger partial charge in [0.2, 0.25) is 0 Å². The number of Topliss-reactive ketones (excluding diaryl/α,β-unsaturated/α-hetero) is 1. The summed E-state index contributed by atoms with van der Waals surface area (Å²) in [4.78, 5) is 19.3. The van der Waals surface area contributed by atoms with E-state index in [9.17, 15) is 4.79 Å². The highest BCUT2D eigenvalue weighted by atomic mass is 16.5. The molecule has 2 heterocycles. The van der Waals surface area contributed by atoms with Crippen molar-refractivity contribution in [2.75, 3.05) is 13.7 Å². The van der Waals surface area contributed by atoms with Crippen LogP contribution in [0.4, 0.5) is 0 Å². The van der Waals surface area contributed by atoms with Crippen LogP contribution in [0.5, 0.6) is 5.75 Å². The molecule has 3 rings (SSSR count). The third-order valence-electron chi connectivity index (χ3n) is 3.33. The van der Waals surface area contributed by atoms with E-state index < -0.39 is 0 Å². The van der Waals surface area contributed by atoms with Crippen molar-refractivity contribution in [1.82, 2.24) is 9.97 Å². The Balaban J connectivity index is 2.27. The summed E-state index contributed by atoms with van der Waals surface area (Å²) in [7, 11) is 1.62. The molecule has 3 aromatic rings. The van der Waals surface area contributed by atoms with Crippen LogP contribution in [-0.4, -0.2) is 34.6 Å². The Morgan fingerprint density at radius 3 is 2.95 bits per heavy atom. The fraction of sp³-hybridized carbons (Fsp3) is 0.200. The molecule has 0 aliphatic rings. The lowest BCUT2D eigenvalue weighted by Crippen LogP contribution is -2.05. The first-order valence-corrected chi connectivity index (χ1v) is 6.33. The average Bonchev–Trinajstić information content (AvgIpc) is 2.84. The molecule has 0 unspecified atom stereocenters. The van der Waals surface area contributed by atoms with E-state index in [1.165, 1.54) is 0 Å². The van der Waals surface area contributed by atoms with Gasteiger partial charge >= 0.3 is 0 Å². The molecule has 5 nitrogen and oxygen atoms in total. The van der Waals surface area contributed by atoms with E-state index in [-0.39, 0.29) is 18.8 Å². The highest BCUT2D eigenvalue weighted by Gasteiger charge is 2.15. The van der Waals surface area contributed by atoms with Crippen LogP contribution in [0.2, 0.25) is 0 Å². The van der Waals surface area contributed by atoms with E-state index in [0.717, 1.165) is 22.0 Å². The molecule has 0 saturated heterocycles. The molecule has 0 aliphatic carbocycles. The van der Waals surface area contributed by atoms with E-state index in [2.05, 4.69) is 9.97 Å². The van der Waals surface area contributed by atoms with Crippen molar-refractivity contribution >= 4 is 27.6 Å². The highest BCUT2D eigenvalue weighted by Crippen LogP contribution is 2.29. The van der Waals surface area contributed by atoms with Crippen LogP contribution in [0.1, 0.15) is 16.9 Å². The summed E-state index contributed by atoms with van der Waals surface area (Å²) >= 11 is 0. The van der Waals surface area contributed by atoms with Crippen molar-refractivity contribution in [2.45, 2.75) is 6.42 Å². The monoisotopic (exact) mass is 270 g/mol. The number of aromatic nitrogens is 2. The topological polar surface area (TPSA) is 75.2 Å². The van der Waals surface area contributed by atoms with Gasteiger partial charge in [-0.05, 0) is 24.3 Å². The number of nitrogens with one attached hydrogen (secondary N) is 1. The summed E-state index contributed by atoms with van der Waals surface area (Å²) in [5.74, 6) is 0.593. The van der Waals surface area contributed by atoms with Crippen molar-refractivity contribution in [3.05, 3.63) is 36.2 Å². The van der Waals surface area contributed by atoms with Crippen molar-refractivity contribution in [2.24, 2.45) is 0 Å². The van der Waals surface area contributed by atoms with Gasteiger partial charge in [0.15, 0.2) is 5.78 Å². The number of methoxy groups -OCH3 is 1. The van der Waals surface area contributed by atoms with Gasteiger partial charge in [0.25, 0.3) is 0 Å². The van der Waals surface area contributed by atoms with Crippen LogP contribution in [0, 0.1) is 0 Å². The zero-order valence-electron chi connectivity index (χ0n) is 11.0. The predicted molar refractivity (Wildman–Crippen MR) is 76.2 cm³/mol. The molecule has 0 fully saturated rings. The summed E-state index contributed by atoms with van der Waals surface area (Å²) in [6, 6.07) is 7.56. The maximum atomic E-state index is 12.0. The van der Waals surface area contributed by atoms with Crippen molar-refractivity contribution < 1.29 is 14.6 Å². The Kier molecular flexibility index (Phi) is 3.12. The standard InChI is InChI=1S/C15H14N2O3/c1-20-9-2-3-12-11(8-9)10-4-6-16-15(14(10)17-12)13(19)5-7-18/h2-4,6,8,17-18H,5,7H2,1H3. The number of benzene rings is 1. The fourth-order valence-electron chi connectivity index (χ4n) is 2.36. The number of hydrogen-bond acceptors (Lipinski definition) is 4. The lowest BCUT2D eigenvalue weighted by molar-refractivity contribution is 0.0953. The van der Waals surface area contributed by atoms with Crippen molar-refractivity contribution in [3.63, 3.8) is 0 Å². The number of H-pyrrole nitrogens is 1. The second kappa shape index (κ2) is 4.94.